The Labute approximate surface area is 164 Å². The van der Waals surface area contributed by atoms with Gasteiger partial charge in [0.05, 0.1) is 30.6 Å². The van der Waals surface area contributed by atoms with E-state index in [4.69, 9.17) is 25.8 Å². The number of amides is 3. The molecular formula is C16H17ClN2O7S. The smallest absolute Gasteiger partial charge is 0.338 e. The second-order valence-corrected chi connectivity index (χ2v) is 6.55. The lowest BCUT2D eigenvalue weighted by molar-refractivity contribution is -0.126. The molecule has 0 radical (unpaired) electrons. The maximum atomic E-state index is 12.1. The monoisotopic (exact) mass is 416 g/mol. The first-order valence-corrected chi connectivity index (χ1v) is 9.06. The molecule has 146 valence electrons. The number of methoxy groups -OCH3 is 2. The largest absolute Gasteiger partial charge is 0.493 e. The van der Waals surface area contributed by atoms with Crippen molar-refractivity contribution in [3.8, 4) is 11.5 Å². The second-order valence-electron chi connectivity index (χ2n) is 5.22. The number of nitrogens with zero attached hydrogens (tertiary/aromatic N) is 1. The molecule has 11 heteroatoms. The lowest BCUT2D eigenvalue weighted by atomic mass is 10.2. The third-order valence-electron chi connectivity index (χ3n) is 3.50. The van der Waals surface area contributed by atoms with Crippen molar-refractivity contribution >= 4 is 46.4 Å². The number of esters is 1. The Morgan fingerprint density at radius 3 is 2.59 bits per heavy atom. The number of hydrogen-bond donors (Lipinski definition) is 1. The van der Waals surface area contributed by atoms with E-state index in [2.05, 4.69) is 5.32 Å². The number of rotatable bonds is 8. The average Bonchev–Trinajstić information content (AvgIpc) is 2.97. The molecule has 27 heavy (non-hydrogen) atoms. The van der Waals surface area contributed by atoms with Gasteiger partial charge < -0.3 is 19.5 Å². The second kappa shape index (κ2) is 9.47. The first kappa shape index (κ1) is 20.8. The van der Waals surface area contributed by atoms with Gasteiger partial charge in [0.1, 0.15) is 0 Å². The summed E-state index contributed by atoms with van der Waals surface area (Å²) in [6.45, 7) is -0.395. The van der Waals surface area contributed by atoms with Crippen molar-refractivity contribution in [2.24, 2.45) is 0 Å². The molecule has 0 saturated carbocycles. The van der Waals surface area contributed by atoms with Crippen molar-refractivity contribution in [1.29, 1.82) is 0 Å². The summed E-state index contributed by atoms with van der Waals surface area (Å²) in [5, 5.41) is 2.28. The molecule has 1 saturated heterocycles. The van der Waals surface area contributed by atoms with Gasteiger partial charge in [0.25, 0.3) is 11.1 Å². The van der Waals surface area contributed by atoms with E-state index in [0.717, 1.165) is 16.7 Å². The molecule has 0 unspecified atom stereocenters. The van der Waals surface area contributed by atoms with Crippen LogP contribution in [0.15, 0.2) is 12.1 Å². The Morgan fingerprint density at radius 1 is 1.26 bits per heavy atom. The summed E-state index contributed by atoms with van der Waals surface area (Å²) >= 11 is 6.94. The number of benzene rings is 1. The number of ether oxygens (including phenoxy) is 3. The molecule has 3 amide bonds. The molecule has 1 aromatic rings. The summed E-state index contributed by atoms with van der Waals surface area (Å²) in [4.78, 5) is 47.7. The van der Waals surface area contributed by atoms with Crippen molar-refractivity contribution in [1.82, 2.24) is 10.2 Å². The number of nitrogens with one attached hydrogen (secondary N) is 1. The van der Waals surface area contributed by atoms with Gasteiger partial charge in [-0.25, -0.2) is 4.79 Å². The number of carbonyl (C=O) groups excluding carboxylic acids is 4. The summed E-state index contributed by atoms with van der Waals surface area (Å²) in [5.41, 5.74) is 0.0933. The maximum absolute atomic E-state index is 12.1. The van der Waals surface area contributed by atoms with Crippen LogP contribution in [-0.2, 0) is 14.3 Å². The van der Waals surface area contributed by atoms with Crippen LogP contribution in [0.3, 0.4) is 0 Å². The van der Waals surface area contributed by atoms with E-state index in [9.17, 15) is 19.2 Å². The normalized spacial score (nSPS) is 13.5. The van der Waals surface area contributed by atoms with E-state index < -0.39 is 18.5 Å². The van der Waals surface area contributed by atoms with Gasteiger partial charge in [-0.15, -0.1) is 0 Å². The molecule has 1 aliphatic heterocycles. The third-order valence-corrected chi connectivity index (χ3v) is 4.64. The third kappa shape index (κ3) is 5.27. The Balaban J connectivity index is 1.83. The standard InChI is InChI=1S/C16H17ClN2O7S/c1-24-11-6-9(5-10(17)14(11)25-2)15(22)26-7-12(20)18-3-4-19-13(21)8-27-16(19)23/h5-6H,3-4,7-8H2,1-2H3,(H,18,20). The SMILES string of the molecule is COc1cc(C(=O)OCC(=O)NCCN2C(=O)CSC2=O)cc(Cl)c1OC. The zero-order valence-electron chi connectivity index (χ0n) is 14.6. The van der Waals surface area contributed by atoms with Crippen LogP contribution < -0.4 is 14.8 Å². The average molecular weight is 417 g/mol. The summed E-state index contributed by atoms with van der Waals surface area (Å²) in [5.74, 6) is -0.998. The molecule has 0 atom stereocenters. The molecule has 0 aliphatic carbocycles. The first-order chi connectivity index (χ1) is 12.9. The summed E-state index contributed by atoms with van der Waals surface area (Å²) in [7, 11) is 2.80. The molecule has 1 heterocycles. The molecule has 1 N–H and O–H groups in total. The predicted octanol–water partition coefficient (Wildman–Crippen LogP) is 1.33. The Bertz CT molecular complexity index is 755. The summed E-state index contributed by atoms with van der Waals surface area (Å²) in [6.07, 6.45) is 0. The van der Waals surface area contributed by atoms with E-state index in [1.807, 2.05) is 0 Å². The van der Waals surface area contributed by atoms with E-state index in [1.54, 1.807) is 0 Å². The molecular weight excluding hydrogens is 400 g/mol. The quantitative estimate of drug-likeness (QED) is 0.632. The number of halogens is 1. The number of carbonyl (C=O) groups is 4. The van der Waals surface area contributed by atoms with Crippen LogP contribution in [-0.4, -0.2) is 67.6 Å². The van der Waals surface area contributed by atoms with Crippen LogP contribution in [0.4, 0.5) is 4.79 Å². The van der Waals surface area contributed by atoms with Crippen LogP contribution in [0, 0.1) is 0 Å². The fourth-order valence-corrected chi connectivity index (χ4v) is 3.25. The Morgan fingerprint density at radius 2 is 2.00 bits per heavy atom. The molecule has 0 bridgehead atoms. The molecule has 9 nitrogen and oxygen atoms in total. The van der Waals surface area contributed by atoms with Crippen molar-refractivity contribution < 1.29 is 33.4 Å². The maximum Gasteiger partial charge on any atom is 0.338 e. The number of thioether (sulfide) groups is 1. The fraction of sp³-hybridized carbons (Fsp3) is 0.375. The van der Waals surface area contributed by atoms with Gasteiger partial charge in [0, 0.05) is 13.1 Å². The molecule has 1 aliphatic rings. The van der Waals surface area contributed by atoms with Gasteiger partial charge >= 0.3 is 5.97 Å². The predicted molar refractivity (Wildman–Crippen MR) is 97.4 cm³/mol. The van der Waals surface area contributed by atoms with E-state index in [-0.39, 0.29) is 52.1 Å². The molecule has 2 rings (SSSR count). The van der Waals surface area contributed by atoms with Gasteiger partial charge in [-0.2, -0.15) is 0 Å². The highest BCUT2D eigenvalue weighted by Crippen LogP contribution is 2.36. The van der Waals surface area contributed by atoms with Crippen LogP contribution in [0.2, 0.25) is 5.02 Å². The van der Waals surface area contributed by atoms with Crippen molar-refractivity contribution in [3.63, 3.8) is 0 Å². The van der Waals surface area contributed by atoms with Crippen molar-refractivity contribution in [2.75, 3.05) is 39.7 Å². The lowest BCUT2D eigenvalue weighted by Gasteiger charge is -2.13. The van der Waals surface area contributed by atoms with Crippen LogP contribution in [0.25, 0.3) is 0 Å². The minimum atomic E-state index is -0.769. The van der Waals surface area contributed by atoms with Gasteiger partial charge in [0.2, 0.25) is 5.91 Å². The molecule has 1 aromatic carbocycles. The molecule has 1 fully saturated rings. The number of imide groups is 1. The van der Waals surface area contributed by atoms with Crippen molar-refractivity contribution in [2.45, 2.75) is 0 Å². The van der Waals surface area contributed by atoms with Crippen molar-refractivity contribution in [3.05, 3.63) is 22.7 Å². The fourth-order valence-electron chi connectivity index (χ4n) is 2.21. The topological polar surface area (TPSA) is 111 Å². The number of hydrogen-bond acceptors (Lipinski definition) is 8. The highest BCUT2D eigenvalue weighted by Gasteiger charge is 2.29. The zero-order chi connectivity index (χ0) is 20.0. The summed E-state index contributed by atoms with van der Waals surface area (Å²) in [6, 6.07) is 2.72. The highest BCUT2D eigenvalue weighted by molar-refractivity contribution is 8.14. The van der Waals surface area contributed by atoms with Gasteiger partial charge in [-0.1, -0.05) is 23.4 Å². The molecule has 0 aromatic heterocycles. The van der Waals surface area contributed by atoms with Crippen LogP contribution >= 0.6 is 23.4 Å². The van der Waals surface area contributed by atoms with Gasteiger partial charge in [0.15, 0.2) is 18.1 Å². The minimum Gasteiger partial charge on any atom is -0.493 e. The molecule has 0 spiro atoms. The van der Waals surface area contributed by atoms with E-state index in [1.165, 1.54) is 26.4 Å². The van der Waals surface area contributed by atoms with Crippen LogP contribution in [0.1, 0.15) is 10.4 Å². The lowest BCUT2D eigenvalue weighted by Crippen LogP contribution is -2.38. The zero-order valence-corrected chi connectivity index (χ0v) is 16.1. The highest BCUT2D eigenvalue weighted by atomic mass is 35.5. The van der Waals surface area contributed by atoms with Crippen LogP contribution in [0.5, 0.6) is 11.5 Å². The Kier molecular flexibility index (Phi) is 7.31. The van der Waals surface area contributed by atoms with Gasteiger partial charge in [-0.05, 0) is 12.1 Å². The minimum absolute atomic E-state index is 0.0651. The van der Waals surface area contributed by atoms with E-state index in [0.29, 0.717) is 0 Å². The van der Waals surface area contributed by atoms with E-state index >= 15 is 0 Å². The Hall–Kier alpha value is -2.46. The first-order valence-electron chi connectivity index (χ1n) is 7.69. The summed E-state index contributed by atoms with van der Waals surface area (Å²) < 4.78 is 15.1. The van der Waals surface area contributed by atoms with Gasteiger partial charge in [-0.3, -0.25) is 19.3 Å².